The van der Waals surface area contributed by atoms with Gasteiger partial charge < -0.3 is 4.74 Å². The van der Waals surface area contributed by atoms with Crippen LogP contribution in [0.25, 0.3) is 0 Å². The van der Waals surface area contributed by atoms with Crippen LogP contribution in [-0.2, 0) is 21.4 Å². The lowest BCUT2D eigenvalue weighted by Crippen LogP contribution is -2.15. The minimum atomic E-state index is -3.63. The Balaban J connectivity index is 2.42. The molecule has 0 aliphatic rings. The largest absolute Gasteiger partial charge is 0.380 e. The lowest BCUT2D eigenvalue weighted by molar-refractivity contribution is 0.185. The summed E-state index contributed by atoms with van der Waals surface area (Å²) in [6, 6.07) is 12.2. The summed E-state index contributed by atoms with van der Waals surface area (Å²) in [5.74, 6) is 0. The first kappa shape index (κ1) is 16.0. The zero-order valence-corrected chi connectivity index (χ0v) is 14.2. The molecule has 6 heteroatoms. The summed E-state index contributed by atoms with van der Waals surface area (Å²) in [4.78, 5) is 0.272. The Labute approximate surface area is 133 Å². The van der Waals surface area contributed by atoms with E-state index in [0.717, 1.165) is 10.0 Å². The van der Waals surface area contributed by atoms with Crippen molar-refractivity contribution in [2.24, 2.45) is 0 Å². The lowest BCUT2D eigenvalue weighted by atomic mass is 10.2. The first-order valence-electron chi connectivity index (χ1n) is 6.30. The van der Waals surface area contributed by atoms with Gasteiger partial charge in [-0.3, -0.25) is 4.72 Å². The highest BCUT2D eigenvalue weighted by molar-refractivity contribution is 9.10. The average Bonchev–Trinajstić information content (AvgIpc) is 2.43. The second-order valence-corrected chi connectivity index (χ2v) is 7.08. The number of hydrogen-bond donors (Lipinski definition) is 1. The van der Waals surface area contributed by atoms with Crippen LogP contribution < -0.4 is 4.72 Å². The third kappa shape index (κ3) is 3.64. The molecular weight excluding hydrogens is 354 g/mol. The Morgan fingerprint density at radius 2 is 1.86 bits per heavy atom. The molecule has 0 radical (unpaired) electrons. The first-order chi connectivity index (χ1) is 9.95. The summed E-state index contributed by atoms with van der Waals surface area (Å²) in [5.41, 5.74) is 1.97. The summed E-state index contributed by atoms with van der Waals surface area (Å²) in [7, 11) is -2.06. The third-order valence-corrected chi connectivity index (χ3v) is 5.30. The fourth-order valence-corrected chi connectivity index (χ4v) is 3.82. The van der Waals surface area contributed by atoms with E-state index in [9.17, 15) is 8.42 Å². The minimum Gasteiger partial charge on any atom is -0.380 e. The van der Waals surface area contributed by atoms with Gasteiger partial charge in [0.2, 0.25) is 0 Å². The first-order valence-corrected chi connectivity index (χ1v) is 8.58. The summed E-state index contributed by atoms with van der Waals surface area (Å²) >= 11 is 3.41. The molecule has 0 atom stereocenters. The molecule has 2 rings (SSSR count). The predicted octanol–water partition coefficient (Wildman–Crippen LogP) is 3.70. The van der Waals surface area contributed by atoms with Crippen molar-refractivity contribution in [3.05, 3.63) is 58.1 Å². The second-order valence-electron chi connectivity index (χ2n) is 4.57. The molecule has 0 aliphatic heterocycles. The number of halogens is 1. The Bertz CT molecular complexity index is 744. The molecule has 0 saturated heterocycles. The van der Waals surface area contributed by atoms with Crippen LogP contribution in [0.5, 0.6) is 0 Å². The normalized spacial score (nSPS) is 11.4. The molecular formula is C15H16BrNO3S. The maximum atomic E-state index is 12.5. The molecule has 0 aromatic heterocycles. The number of sulfonamides is 1. The van der Waals surface area contributed by atoms with Crippen LogP contribution in [0.1, 0.15) is 11.1 Å². The van der Waals surface area contributed by atoms with Crippen molar-refractivity contribution >= 4 is 31.6 Å². The smallest absolute Gasteiger partial charge is 0.262 e. The Morgan fingerprint density at radius 3 is 2.52 bits per heavy atom. The zero-order chi connectivity index (χ0) is 15.5. The van der Waals surface area contributed by atoms with Crippen LogP contribution in [0, 0.1) is 6.92 Å². The van der Waals surface area contributed by atoms with Crippen LogP contribution in [0.3, 0.4) is 0 Å². The van der Waals surface area contributed by atoms with Crippen molar-refractivity contribution in [1.29, 1.82) is 0 Å². The number of nitrogens with one attached hydrogen (secondary N) is 1. The summed E-state index contributed by atoms with van der Waals surface area (Å²) in [5, 5.41) is 0. The highest BCUT2D eigenvalue weighted by atomic mass is 79.9. The maximum Gasteiger partial charge on any atom is 0.262 e. The van der Waals surface area contributed by atoms with E-state index in [2.05, 4.69) is 20.7 Å². The van der Waals surface area contributed by atoms with E-state index in [-0.39, 0.29) is 4.90 Å². The Hall–Kier alpha value is -1.37. The summed E-state index contributed by atoms with van der Waals surface area (Å²) in [6.45, 7) is 2.08. The van der Waals surface area contributed by atoms with Gasteiger partial charge in [0.15, 0.2) is 0 Å². The van der Waals surface area contributed by atoms with Gasteiger partial charge in [-0.25, -0.2) is 8.42 Å². The molecule has 21 heavy (non-hydrogen) atoms. The molecule has 2 aromatic carbocycles. The van der Waals surface area contributed by atoms with Crippen molar-refractivity contribution in [3.63, 3.8) is 0 Å². The Kier molecular flexibility index (Phi) is 5.03. The van der Waals surface area contributed by atoms with Crippen LogP contribution in [-0.4, -0.2) is 15.5 Å². The van der Waals surface area contributed by atoms with Crippen LogP contribution in [0.2, 0.25) is 0 Å². The molecule has 0 unspecified atom stereocenters. The van der Waals surface area contributed by atoms with E-state index in [1.807, 2.05) is 12.1 Å². The van der Waals surface area contributed by atoms with E-state index in [1.54, 1.807) is 44.4 Å². The van der Waals surface area contributed by atoms with Gasteiger partial charge >= 0.3 is 0 Å². The van der Waals surface area contributed by atoms with Crippen LogP contribution in [0.4, 0.5) is 5.69 Å². The van der Waals surface area contributed by atoms with Gasteiger partial charge in [0.25, 0.3) is 10.0 Å². The van der Waals surface area contributed by atoms with Crippen molar-refractivity contribution in [3.8, 4) is 0 Å². The Morgan fingerprint density at radius 1 is 1.14 bits per heavy atom. The molecule has 0 amide bonds. The molecule has 4 nitrogen and oxygen atoms in total. The minimum absolute atomic E-state index is 0.272. The summed E-state index contributed by atoms with van der Waals surface area (Å²) < 4.78 is 33.6. The SMILES string of the molecule is COCc1c(Br)cccc1NS(=O)(=O)c1ccccc1C. The molecule has 1 N–H and O–H groups in total. The monoisotopic (exact) mass is 369 g/mol. The number of hydrogen-bond acceptors (Lipinski definition) is 3. The van der Waals surface area contributed by atoms with E-state index in [1.165, 1.54) is 0 Å². The molecule has 0 fully saturated rings. The zero-order valence-electron chi connectivity index (χ0n) is 11.8. The van der Waals surface area contributed by atoms with E-state index in [0.29, 0.717) is 17.9 Å². The molecule has 0 aliphatic carbocycles. The van der Waals surface area contributed by atoms with E-state index >= 15 is 0 Å². The fraction of sp³-hybridized carbons (Fsp3) is 0.200. The van der Waals surface area contributed by atoms with Crippen molar-refractivity contribution < 1.29 is 13.2 Å². The quantitative estimate of drug-likeness (QED) is 0.873. The third-order valence-electron chi connectivity index (χ3n) is 3.03. The van der Waals surface area contributed by atoms with Gasteiger partial charge in [0.05, 0.1) is 17.2 Å². The molecule has 0 spiro atoms. The summed E-state index contributed by atoms with van der Waals surface area (Å²) in [6.07, 6.45) is 0. The van der Waals surface area contributed by atoms with Gasteiger partial charge in [-0.15, -0.1) is 0 Å². The maximum absolute atomic E-state index is 12.5. The van der Waals surface area contributed by atoms with Crippen molar-refractivity contribution in [2.75, 3.05) is 11.8 Å². The van der Waals surface area contributed by atoms with Crippen molar-refractivity contribution in [2.45, 2.75) is 18.4 Å². The van der Waals surface area contributed by atoms with E-state index < -0.39 is 10.0 Å². The van der Waals surface area contributed by atoms with Gasteiger partial charge in [0.1, 0.15) is 0 Å². The number of ether oxygens (including phenoxy) is 1. The lowest BCUT2D eigenvalue weighted by Gasteiger charge is -2.14. The topological polar surface area (TPSA) is 55.4 Å². The average molecular weight is 370 g/mol. The van der Waals surface area contributed by atoms with Gasteiger partial charge in [-0.2, -0.15) is 0 Å². The highest BCUT2D eigenvalue weighted by Gasteiger charge is 2.18. The standard InChI is InChI=1S/C15H16BrNO3S/c1-11-6-3-4-9-15(11)21(18,19)17-14-8-5-7-13(16)12(14)10-20-2/h3-9,17H,10H2,1-2H3. The predicted molar refractivity (Wildman–Crippen MR) is 86.8 cm³/mol. The fourth-order valence-electron chi connectivity index (χ4n) is 2.00. The molecule has 112 valence electrons. The van der Waals surface area contributed by atoms with Gasteiger partial charge in [0, 0.05) is 17.1 Å². The number of methoxy groups -OCH3 is 1. The van der Waals surface area contributed by atoms with E-state index in [4.69, 9.17) is 4.74 Å². The van der Waals surface area contributed by atoms with Gasteiger partial charge in [-0.1, -0.05) is 40.2 Å². The highest BCUT2D eigenvalue weighted by Crippen LogP contribution is 2.28. The molecule has 0 bridgehead atoms. The number of benzene rings is 2. The van der Waals surface area contributed by atoms with Gasteiger partial charge in [-0.05, 0) is 30.7 Å². The number of aryl methyl sites for hydroxylation is 1. The molecule has 0 saturated carbocycles. The van der Waals surface area contributed by atoms with Crippen LogP contribution >= 0.6 is 15.9 Å². The number of rotatable bonds is 5. The molecule has 0 heterocycles. The van der Waals surface area contributed by atoms with Crippen LogP contribution in [0.15, 0.2) is 51.8 Å². The van der Waals surface area contributed by atoms with Crippen molar-refractivity contribution in [1.82, 2.24) is 0 Å². The number of anilines is 1. The second kappa shape index (κ2) is 6.60. The molecule has 2 aromatic rings.